The molecule has 5 nitrogen and oxygen atoms in total. The maximum atomic E-state index is 5.38. The zero-order chi connectivity index (χ0) is 18.0. The van der Waals surface area contributed by atoms with E-state index >= 15 is 0 Å². The van der Waals surface area contributed by atoms with Crippen molar-refractivity contribution in [1.82, 2.24) is 15.6 Å². The molecule has 1 unspecified atom stereocenters. The van der Waals surface area contributed by atoms with E-state index in [2.05, 4.69) is 39.7 Å². The number of nitrogens with one attached hydrogen (secondary N) is 2. The Morgan fingerprint density at radius 3 is 2.65 bits per heavy atom. The van der Waals surface area contributed by atoms with E-state index in [1.807, 2.05) is 48.5 Å². The molecule has 0 aliphatic rings. The van der Waals surface area contributed by atoms with Gasteiger partial charge in [-0.2, -0.15) is 0 Å². The van der Waals surface area contributed by atoms with Gasteiger partial charge in [0.05, 0.1) is 24.5 Å². The molecule has 2 heterocycles. The lowest BCUT2D eigenvalue weighted by Gasteiger charge is -2.18. The zero-order valence-electron chi connectivity index (χ0n) is 14.9. The molecular formula is C21H24N4O. The number of hydrogen-bond acceptors (Lipinski definition) is 3. The van der Waals surface area contributed by atoms with Gasteiger partial charge in [-0.1, -0.05) is 36.4 Å². The summed E-state index contributed by atoms with van der Waals surface area (Å²) in [5, 5.41) is 6.84. The Morgan fingerprint density at radius 1 is 1.08 bits per heavy atom. The summed E-state index contributed by atoms with van der Waals surface area (Å²) in [4.78, 5) is 9.01. The number of pyridine rings is 1. The second-order valence-corrected chi connectivity index (χ2v) is 6.02. The molecule has 1 aromatic carbocycles. The Labute approximate surface area is 154 Å². The van der Waals surface area contributed by atoms with E-state index < -0.39 is 0 Å². The first-order valence-electron chi connectivity index (χ1n) is 8.83. The van der Waals surface area contributed by atoms with E-state index in [0.29, 0.717) is 6.54 Å². The minimum Gasteiger partial charge on any atom is -0.469 e. The second kappa shape index (κ2) is 9.42. The largest absolute Gasteiger partial charge is 0.469 e. The summed E-state index contributed by atoms with van der Waals surface area (Å²) in [7, 11) is 0. The predicted octanol–water partition coefficient (Wildman–Crippen LogP) is 3.71. The molecular weight excluding hydrogens is 324 g/mol. The molecule has 3 rings (SSSR count). The third-order valence-corrected chi connectivity index (χ3v) is 4.02. The van der Waals surface area contributed by atoms with Gasteiger partial charge in [0.2, 0.25) is 0 Å². The number of guanidine groups is 1. The maximum Gasteiger partial charge on any atom is 0.192 e. The van der Waals surface area contributed by atoms with E-state index in [9.17, 15) is 0 Å². The van der Waals surface area contributed by atoms with Gasteiger partial charge >= 0.3 is 0 Å². The molecule has 2 N–H and O–H groups in total. The smallest absolute Gasteiger partial charge is 0.192 e. The fraction of sp³-hybridized carbons (Fsp3) is 0.238. The van der Waals surface area contributed by atoms with E-state index in [4.69, 9.17) is 4.42 Å². The van der Waals surface area contributed by atoms with Crippen LogP contribution in [-0.2, 0) is 13.0 Å². The summed E-state index contributed by atoms with van der Waals surface area (Å²) in [6.45, 7) is 3.39. The quantitative estimate of drug-likeness (QED) is 0.505. The first kappa shape index (κ1) is 17.7. The van der Waals surface area contributed by atoms with Crippen LogP contribution in [0, 0.1) is 0 Å². The van der Waals surface area contributed by atoms with Crippen molar-refractivity contribution in [3.8, 4) is 0 Å². The highest BCUT2D eigenvalue weighted by Crippen LogP contribution is 2.11. The van der Waals surface area contributed by atoms with Crippen molar-refractivity contribution in [3.05, 3.63) is 90.1 Å². The Morgan fingerprint density at radius 2 is 1.92 bits per heavy atom. The van der Waals surface area contributed by atoms with Crippen LogP contribution in [0.2, 0.25) is 0 Å². The van der Waals surface area contributed by atoms with Crippen molar-refractivity contribution < 1.29 is 4.42 Å². The summed E-state index contributed by atoms with van der Waals surface area (Å²) in [5.41, 5.74) is 2.15. The highest BCUT2D eigenvalue weighted by Gasteiger charge is 2.08. The molecule has 0 aliphatic carbocycles. The monoisotopic (exact) mass is 348 g/mol. The summed E-state index contributed by atoms with van der Waals surface area (Å²) >= 11 is 0. The number of aliphatic imine (C=N–C) groups is 1. The van der Waals surface area contributed by atoms with Gasteiger partial charge in [0.15, 0.2) is 5.96 Å². The number of rotatable bonds is 7. The molecule has 0 saturated heterocycles. The minimum absolute atomic E-state index is 0.148. The Bertz CT molecular complexity index is 785. The van der Waals surface area contributed by atoms with Gasteiger partial charge in [-0.3, -0.25) is 4.98 Å². The van der Waals surface area contributed by atoms with Crippen LogP contribution >= 0.6 is 0 Å². The van der Waals surface area contributed by atoms with Crippen LogP contribution < -0.4 is 10.6 Å². The number of furan rings is 1. The second-order valence-electron chi connectivity index (χ2n) is 6.02. The molecule has 134 valence electrons. The van der Waals surface area contributed by atoms with Crippen molar-refractivity contribution >= 4 is 5.96 Å². The van der Waals surface area contributed by atoms with E-state index in [1.165, 1.54) is 5.56 Å². The summed E-state index contributed by atoms with van der Waals surface area (Å²) in [6.07, 6.45) is 4.28. The van der Waals surface area contributed by atoms with Crippen LogP contribution in [-0.4, -0.2) is 17.5 Å². The van der Waals surface area contributed by atoms with Crippen LogP contribution in [0.5, 0.6) is 0 Å². The Balaban J connectivity index is 1.63. The van der Waals surface area contributed by atoms with Gasteiger partial charge in [-0.05, 0) is 36.8 Å². The van der Waals surface area contributed by atoms with Crippen molar-refractivity contribution in [2.75, 3.05) is 6.54 Å². The van der Waals surface area contributed by atoms with Crippen LogP contribution in [0.4, 0.5) is 0 Å². The molecule has 0 spiro atoms. The normalized spacial score (nSPS) is 12.6. The van der Waals surface area contributed by atoms with Crippen molar-refractivity contribution in [2.45, 2.75) is 25.9 Å². The topological polar surface area (TPSA) is 62.5 Å². The van der Waals surface area contributed by atoms with Gasteiger partial charge in [0.25, 0.3) is 0 Å². The van der Waals surface area contributed by atoms with Gasteiger partial charge in [0, 0.05) is 19.2 Å². The molecule has 0 saturated carbocycles. The van der Waals surface area contributed by atoms with Crippen LogP contribution in [0.25, 0.3) is 0 Å². The van der Waals surface area contributed by atoms with E-state index in [-0.39, 0.29) is 6.04 Å². The molecule has 0 radical (unpaired) electrons. The molecule has 3 aromatic rings. The molecule has 0 bridgehead atoms. The number of nitrogens with zero attached hydrogens (tertiary/aromatic N) is 2. The molecule has 2 aromatic heterocycles. The molecule has 1 atom stereocenters. The average Bonchev–Trinajstić information content (AvgIpc) is 3.21. The van der Waals surface area contributed by atoms with Crippen LogP contribution in [0.3, 0.4) is 0 Å². The fourth-order valence-electron chi connectivity index (χ4n) is 2.59. The average molecular weight is 348 g/mol. The lowest BCUT2D eigenvalue weighted by atomic mass is 10.1. The maximum absolute atomic E-state index is 5.38. The van der Waals surface area contributed by atoms with Crippen molar-refractivity contribution in [3.63, 3.8) is 0 Å². The highest BCUT2D eigenvalue weighted by atomic mass is 16.3. The van der Waals surface area contributed by atoms with Crippen molar-refractivity contribution in [1.29, 1.82) is 0 Å². The SMILES string of the molecule is CC(NC(=NCc1ccccn1)NCCc1ccco1)c1ccccc1. The van der Waals surface area contributed by atoms with Crippen LogP contribution in [0.1, 0.15) is 30.0 Å². The van der Waals surface area contributed by atoms with Gasteiger partial charge < -0.3 is 15.1 Å². The Hall–Kier alpha value is -3.08. The number of aromatic nitrogens is 1. The van der Waals surface area contributed by atoms with E-state index in [1.54, 1.807) is 12.5 Å². The standard InChI is InChI=1S/C21H24N4O/c1-17(18-8-3-2-4-9-18)25-21(23-14-12-20-11-7-15-26-20)24-16-19-10-5-6-13-22-19/h2-11,13,15,17H,12,14,16H2,1H3,(H2,23,24,25). The van der Waals surface area contributed by atoms with Crippen LogP contribution in [0.15, 0.2) is 82.5 Å². The number of hydrogen-bond donors (Lipinski definition) is 2. The lowest BCUT2D eigenvalue weighted by Crippen LogP contribution is -2.39. The predicted molar refractivity (Wildman–Crippen MR) is 104 cm³/mol. The summed E-state index contributed by atoms with van der Waals surface area (Å²) in [6, 6.07) is 20.2. The van der Waals surface area contributed by atoms with E-state index in [0.717, 1.165) is 30.4 Å². The molecule has 0 fully saturated rings. The van der Waals surface area contributed by atoms with Gasteiger partial charge in [-0.25, -0.2) is 4.99 Å². The third-order valence-electron chi connectivity index (χ3n) is 4.02. The molecule has 0 amide bonds. The third kappa shape index (κ3) is 5.48. The summed E-state index contributed by atoms with van der Waals surface area (Å²) < 4.78 is 5.38. The molecule has 5 heteroatoms. The first-order valence-corrected chi connectivity index (χ1v) is 8.83. The Kier molecular flexibility index (Phi) is 6.42. The lowest BCUT2D eigenvalue weighted by molar-refractivity contribution is 0.506. The molecule has 26 heavy (non-hydrogen) atoms. The summed E-state index contributed by atoms with van der Waals surface area (Å²) in [5.74, 6) is 1.72. The van der Waals surface area contributed by atoms with Gasteiger partial charge in [0.1, 0.15) is 5.76 Å². The number of benzene rings is 1. The first-order chi connectivity index (χ1) is 12.8. The minimum atomic E-state index is 0.148. The van der Waals surface area contributed by atoms with Crippen molar-refractivity contribution in [2.24, 2.45) is 4.99 Å². The fourth-order valence-corrected chi connectivity index (χ4v) is 2.59. The highest BCUT2D eigenvalue weighted by molar-refractivity contribution is 5.80. The zero-order valence-corrected chi connectivity index (χ0v) is 14.9. The van der Waals surface area contributed by atoms with Gasteiger partial charge in [-0.15, -0.1) is 0 Å². The molecule has 0 aliphatic heterocycles.